The first-order valence-electron chi connectivity index (χ1n) is 7.68. The van der Waals surface area contributed by atoms with Gasteiger partial charge in [0.1, 0.15) is 5.65 Å². The summed E-state index contributed by atoms with van der Waals surface area (Å²) in [7, 11) is 1.73. The van der Waals surface area contributed by atoms with Crippen molar-refractivity contribution in [3.05, 3.63) is 30.1 Å². The predicted molar refractivity (Wildman–Crippen MR) is 86.7 cm³/mol. The second kappa shape index (κ2) is 7.43. The van der Waals surface area contributed by atoms with E-state index in [1.54, 1.807) is 7.11 Å². The Morgan fingerprint density at radius 2 is 2.10 bits per heavy atom. The van der Waals surface area contributed by atoms with Crippen LogP contribution >= 0.6 is 0 Å². The summed E-state index contributed by atoms with van der Waals surface area (Å²) in [6.07, 6.45) is 4.19. The summed E-state index contributed by atoms with van der Waals surface area (Å²) < 4.78 is 7.35. The van der Waals surface area contributed by atoms with Gasteiger partial charge in [-0.15, -0.1) is 0 Å². The second-order valence-corrected chi connectivity index (χ2v) is 5.17. The fraction of sp³-hybridized carbons (Fsp3) is 0.562. The molecule has 0 radical (unpaired) electrons. The first-order valence-corrected chi connectivity index (χ1v) is 7.68. The summed E-state index contributed by atoms with van der Waals surface area (Å²) in [5.74, 6) is 0.995. The summed E-state index contributed by atoms with van der Waals surface area (Å²) in [6.45, 7) is 6.43. The molecular formula is C16H26N4O. The second-order valence-electron chi connectivity index (χ2n) is 5.17. The van der Waals surface area contributed by atoms with E-state index in [2.05, 4.69) is 23.1 Å². The van der Waals surface area contributed by atoms with E-state index in [1.165, 1.54) is 0 Å². The quantitative estimate of drug-likeness (QED) is 0.811. The van der Waals surface area contributed by atoms with Gasteiger partial charge in [0.25, 0.3) is 0 Å². The number of rotatable bonds is 8. The van der Waals surface area contributed by atoms with Gasteiger partial charge in [-0.05, 0) is 25.0 Å². The third kappa shape index (κ3) is 3.19. The van der Waals surface area contributed by atoms with E-state index in [0.29, 0.717) is 19.2 Å². The molecule has 0 amide bonds. The summed E-state index contributed by atoms with van der Waals surface area (Å²) >= 11 is 0. The molecule has 0 atom stereocenters. The molecule has 0 fully saturated rings. The molecular weight excluding hydrogens is 264 g/mol. The van der Waals surface area contributed by atoms with Crippen LogP contribution in [0.15, 0.2) is 24.4 Å². The average Bonchev–Trinajstić information content (AvgIpc) is 2.89. The molecule has 2 aromatic heterocycles. The van der Waals surface area contributed by atoms with Crippen molar-refractivity contribution in [3.8, 4) is 0 Å². The molecule has 2 aromatic rings. The molecule has 5 nitrogen and oxygen atoms in total. The van der Waals surface area contributed by atoms with Crippen LogP contribution in [0.25, 0.3) is 5.65 Å². The molecule has 0 aliphatic rings. The van der Waals surface area contributed by atoms with Crippen LogP contribution in [0, 0.1) is 0 Å². The highest BCUT2D eigenvalue weighted by Crippen LogP contribution is 2.25. The van der Waals surface area contributed by atoms with E-state index in [4.69, 9.17) is 15.5 Å². The lowest BCUT2D eigenvalue weighted by Gasteiger charge is -2.31. The number of pyridine rings is 1. The molecule has 0 aromatic carbocycles. The number of hydrogen-bond donors (Lipinski definition) is 1. The molecule has 0 saturated carbocycles. The van der Waals surface area contributed by atoms with E-state index in [9.17, 15) is 0 Å². The Hall–Kier alpha value is -1.59. The fourth-order valence-electron chi connectivity index (χ4n) is 2.83. The molecule has 0 unspecified atom stereocenters. The normalized spacial score (nSPS) is 11.5. The largest absolute Gasteiger partial charge is 0.383 e. The van der Waals surface area contributed by atoms with Gasteiger partial charge in [0.15, 0.2) is 5.82 Å². The molecule has 0 spiro atoms. The Morgan fingerprint density at radius 1 is 1.33 bits per heavy atom. The summed E-state index contributed by atoms with van der Waals surface area (Å²) in [6, 6.07) is 6.48. The minimum absolute atomic E-state index is 0.454. The standard InChI is InChI=1S/C16H26N4O/c1-4-13(5-2)19(10-11-21-3)16-14(12-17)20-9-7-6-8-15(20)18-16/h6-9,13H,4-5,10-12,17H2,1-3H3. The lowest BCUT2D eigenvalue weighted by molar-refractivity contribution is 0.202. The van der Waals surface area contributed by atoms with Gasteiger partial charge in [-0.1, -0.05) is 19.9 Å². The predicted octanol–water partition coefficient (Wildman–Crippen LogP) is 2.43. The number of anilines is 1. The van der Waals surface area contributed by atoms with Crippen LogP contribution in [0.4, 0.5) is 5.82 Å². The van der Waals surface area contributed by atoms with Gasteiger partial charge >= 0.3 is 0 Å². The van der Waals surface area contributed by atoms with Crippen LogP contribution in [0.2, 0.25) is 0 Å². The number of aromatic nitrogens is 2. The monoisotopic (exact) mass is 290 g/mol. The zero-order valence-electron chi connectivity index (χ0n) is 13.2. The van der Waals surface area contributed by atoms with Gasteiger partial charge < -0.3 is 19.8 Å². The van der Waals surface area contributed by atoms with Crippen molar-refractivity contribution >= 4 is 11.5 Å². The van der Waals surface area contributed by atoms with Gasteiger partial charge in [-0.2, -0.15) is 0 Å². The lowest BCUT2D eigenvalue weighted by Crippen LogP contribution is -2.38. The van der Waals surface area contributed by atoms with Crippen LogP contribution < -0.4 is 10.6 Å². The SMILES string of the molecule is CCC(CC)N(CCOC)c1nc2ccccn2c1CN. The first-order chi connectivity index (χ1) is 10.3. The zero-order chi connectivity index (χ0) is 15.2. The molecule has 0 bridgehead atoms. The van der Waals surface area contributed by atoms with E-state index < -0.39 is 0 Å². The van der Waals surface area contributed by atoms with Gasteiger partial charge in [0.2, 0.25) is 0 Å². The number of nitrogens with two attached hydrogens (primary N) is 1. The first kappa shape index (κ1) is 15.8. The smallest absolute Gasteiger partial charge is 0.152 e. The number of hydrogen-bond acceptors (Lipinski definition) is 4. The van der Waals surface area contributed by atoms with E-state index in [0.717, 1.165) is 36.5 Å². The minimum atomic E-state index is 0.454. The lowest BCUT2D eigenvalue weighted by atomic mass is 10.1. The maximum absolute atomic E-state index is 5.99. The van der Waals surface area contributed by atoms with E-state index in [-0.39, 0.29) is 0 Å². The Bertz CT molecular complexity index is 562. The molecule has 2 N–H and O–H groups in total. The maximum atomic E-state index is 5.99. The third-order valence-corrected chi connectivity index (χ3v) is 3.99. The molecule has 0 aliphatic carbocycles. The third-order valence-electron chi connectivity index (χ3n) is 3.99. The van der Waals surface area contributed by atoms with E-state index >= 15 is 0 Å². The van der Waals surface area contributed by atoms with Crippen LogP contribution in [0.3, 0.4) is 0 Å². The Morgan fingerprint density at radius 3 is 2.71 bits per heavy atom. The number of fused-ring (bicyclic) bond motifs is 1. The van der Waals surface area contributed by atoms with Gasteiger partial charge in [0, 0.05) is 32.4 Å². The highest BCUT2D eigenvalue weighted by atomic mass is 16.5. The average molecular weight is 290 g/mol. The summed E-state index contributed by atoms with van der Waals surface area (Å²) in [4.78, 5) is 7.15. The van der Waals surface area contributed by atoms with Crippen molar-refractivity contribution < 1.29 is 4.74 Å². The van der Waals surface area contributed by atoms with Crippen molar-refractivity contribution in [2.45, 2.75) is 39.3 Å². The Kier molecular flexibility index (Phi) is 5.59. The molecule has 0 aliphatic heterocycles. The molecule has 2 rings (SSSR count). The minimum Gasteiger partial charge on any atom is -0.383 e. The summed E-state index contributed by atoms with van der Waals surface area (Å²) in [5.41, 5.74) is 8.00. The Balaban J connectivity index is 2.47. The van der Waals surface area contributed by atoms with E-state index in [1.807, 2.05) is 24.4 Å². The topological polar surface area (TPSA) is 55.8 Å². The van der Waals surface area contributed by atoms with Gasteiger partial charge in [-0.3, -0.25) is 0 Å². The van der Waals surface area contributed by atoms with Crippen LogP contribution in [-0.2, 0) is 11.3 Å². The van der Waals surface area contributed by atoms with Crippen molar-refractivity contribution in [2.75, 3.05) is 25.2 Å². The number of imidazole rings is 1. The van der Waals surface area contributed by atoms with Gasteiger partial charge in [-0.25, -0.2) is 4.98 Å². The van der Waals surface area contributed by atoms with Crippen molar-refractivity contribution in [1.29, 1.82) is 0 Å². The number of nitrogens with zero attached hydrogens (tertiary/aromatic N) is 3. The maximum Gasteiger partial charge on any atom is 0.152 e. The zero-order valence-corrected chi connectivity index (χ0v) is 13.2. The number of methoxy groups -OCH3 is 1. The van der Waals surface area contributed by atoms with Gasteiger partial charge in [0.05, 0.1) is 12.3 Å². The van der Waals surface area contributed by atoms with Crippen molar-refractivity contribution in [1.82, 2.24) is 9.38 Å². The van der Waals surface area contributed by atoms with Crippen molar-refractivity contribution in [3.63, 3.8) is 0 Å². The molecule has 5 heteroatoms. The summed E-state index contributed by atoms with van der Waals surface area (Å²) in [5, 5.41) is 0. The fourth-order valence-corrected chi connectivity index (χ4v) is 2.83. The molecule has 0 saturated heterocycles. The molecule has 21 heavy (non-hydrogen) atoms. The van der Waals surface area contributed by atoms with Crippen LogP contribution in [0.1, 0.15) is 32.4 Å². The molecule has 2 heterocycles. The van der Waals surface area contributed by atoms with Crippen molar-refractivity contribution in [2.24, 2.45) is 5.73 Å². The van der Waals surface area contributed by atoms with Crippen LogP contribution in [0.5, 0.6) is 0 Å². The highest BCUT2D eigenvalue weighted by Gasteiger charge is 2.22. The highest BCUT2D eigenvalue weighted by molar-refractivity contribution is 5.56. The Labute approximate surface area is 126 Å². The van der Waals surface area contributed by atoms with Crippen LogP contribution in [-0.4, -0.2) is 35.7 Å². The molecule has 116 valence electrons. The number of ether oxygens (including phenoxy) is 1.